The Bertz CT molecular complexity index is 533. The summed E-state index contributed by atoms with van der Waals surface area (Å²) < 4.78 is 50.7. The van der Waals surface area contributed by atoms with Crippen molar-refractivity contribution < 1.29 is 37.0 Å². The normalized spacial score (nSPS) is 13.1. The summed E-state index contributed by atoms with van der Waals surface area (Å²) in [7, 11) is 0. The first kappa shape index (κ1) is 22.1. The van der Waals surface area contributed by atoms with Crippen molar-refractivity contribution in [2.24, 2.45) is 4.99 Å². The van der Waals surface area contributed by atoms with Crippen LogP contribution in [-0.2, 0) is 19.0 Å². The van der Waals surface area contributed by atoms with Gasteiger partial charge in [0.05, 0.1) is 0 Å². The summed E-state index contributed by atoms with van der Waals surface area (Å²) in [6, 6.07) is 0. The lowest BCUT2D eigenvalue weighted by Gasteiger charge is -2.22. The first-order chi connectivity index (χ1) is 10.5. The van der Waals surface area contributed by atoms with E-state index in [2.05, 4.69) is 21.9 Å². The monoisotopic (exact) mass is 372 g/mol. The third kappa shape index (κ3) is 10.8. The molecule has 11 heteroatoms. The number of nitrogens with zero attached hydrogens (tertiary/aromatic N) is 1. The second-order valence-corrected chi connectivity index (χ2v) is 6.80. The molecule has 0 spiro atoms. The SMILES string of the molecule is CC(C)(C)OC(=O)NC(=S)/N=C(\OC(=O)C(F)(F)F)OC(C)(C)C. The molecule has 1 amide bonds. The second-order valence-electron chi connectivity index (χ2n) is 6.41. The van der Waals surface area contributed by atoms with Gasteiger partial charge in [-0.15, -0.1) is 4.99 Å². The Balaban J connectivity index is 5.13. The number of carbonyl (C=O) groups excluding carboxylic acids is 2. The summed E-state index contributed by atoms with van der Waals surface area (Å²) in [5.41, 5.74) is -1.86. The molecule has 0 aliphatic carbocycles. The van der Waals surface area contributed by atoms with Crippen molar-refractivity contribution in [1.29, 1.82) is 0 Å². The van der Waals surface area contributed by atoms with Crippen LogP contribution >= 0.6 is 12.2 Å². The van der Waals surface area contributed by atoms with Gasteiger partial charge < -0.3 is 14.2 Å². The first-order valence-corrected chi connectivity index (χ1v) is 7.01. The van der Waals surface area contributed by atoms with Crippen LogP contribution in [0.2, 0.25) is 0 Å². The third-order valence-electron chi connectivity index (χ3n) is 1.61. The van der Waals surface area contributed by atoms with Crippen LogP contribution in [0.4, 0.5) is 18.0 Å². The Morgan fingerprint density at radius 3 is 1.79 bits per heavy atom. The number of ether oxygens (including phenoxy) is 3. The minimum absolute atomic E-state index is 0.599. The number of alkyl carbamates (subject to hydrolysis) is 1. The highest BCUT2D eigenvalue weighted by Gasteiger charge is 2.43. The molecule has 0 fully saturated rings. The van der Waals surface area contributed by atoms with Gasteiger partial charge in [-0.2, -0.15) is 13.2 Å². The summed E-state index contributed by atoms with van der Waals surface area (Å²) in [5.74, 6) is -2.54. The molecule has 138 valence electrons. The zero-order valence-corrected chi connectivity index (χ0v) is 14.8. The molecule has 0 aliphatic heterocycles. The lowest BCUT2D eigenvalue weighted by Crippen LogP contribution is -2.37. The number of carbonyl (C=O) groups is 2. The lowest BCUT2D eigenvalue weighted by molar-refractivity contribution is -0.193. The fourth-order valence-corrected chi connectivity index (χ4v) is 1.13. The van der Waals surface area contributed by atoms with Crippen molar-refractivity contribution in [3.05, 3.63) is 0 Å². The Morgan fingerprint density at radius 2 is 1.42 bits per heavy atom. The molecule has 0 aromatic carbocycles. The van der Waals surface area contributed by atoms with E-state index in [1.54, 1.807) is 20.8 Å². The molecule has 0 saturated heterocycles. The van der Waals surface area contributed by atoms with E-state index in [0.717, 1.165) is 0 Å². The number of rotatable bonds is 0. The molecule has 0 aliphatic rings. The number of hydrogen-bond donors (Lipinski definition) is 1. The maximum atomic E-state index is 12.3. The van der Waals surface area contributed by atoms with Crippen LogP contribution in [-0.4, -0.2) is 40.6 Å². The molecular weight excluding hydrogens is 353 g/mol. The fraction of sp³-hybridized carbons (Fsp3) is 0.692. The molecule has 0 radical (unpaired) electrons. The molecule has 0 heterocycles. The average Bonchev–Trinajstić information content (AvgIpc) is 2.20. The maximum absolute atomic E-state index is 12.3. The predicted molar refractivity (Wildman–Crippen MR) is 82.4 cm³/mol. The Labute approximate surface area is 142 Å². The number of esters is 1. The summed E-state index contributed by atoms with van der Waals surface area (Å²) in [4.78, 5) is 25.7. The highest BCUT2D eigenvalue weighted by atomic mass is 32.1. The smallest absolute Gasteiger partial charge is 0.444 e. The molecule has 24 heavy (non-hydrogen) atoms. The van der Waals surface area contributed by atoms with Crippen LogP contribution in [0.1, 0.15) is 41.5 Å². The van der Waals surface area contributed by atoms with E-state index in [1.807, 2.05) is 5.32 Å². The first-order valence-electron chi connectivity index (χ1n) is 6.60. The van der Waals surface area contributed by atoms with Crippen molar-refractivity contribution in [3.63, 3.8) is 0 Å². The number of halogens is 3. The van der Waals surface area contributed by atoms with Crippen LogP contribution in [0.15, 0.2) is 4.99 Å². The topological polar surface area (TPSA) is 86.2 Å². The standard InChI is InChI=1S/C13H19F3N2O5S/c1-11(2,3)22-9(20)17-8(24)18-10(23-12(4,5)6)21-7(19)13(14,15)16/h1-6H3,(H,17,20,24)/b18-10+. The zero-order chi connectivity index (χ0) is 19.3. The van der Waals surface area contributed by atoms with Crippen molar-refractivity contribution in [2.75, 3.05) is 0 Å². The second kappa shape index (κ2) is 7.77. The maximum Gasteiger partial charge on any atom is 0.491 e. The molecule has 0 aromatic rings. The average molecular weight is 372 g/mol. The van der Waals surface area contributed by atoms with Gasteiger partial charge in [0.2, 0.25) is 5.11 Å². The Morgan fingerprint density at radius 1 is 0.958 bits per heavy atom. The summed E-state index contributed by atoms with van der Waals surface area (Å²) >= 11 is 4.68. The fourth-order valence-electron chi connectivity index (χ4n) is 0.967. The van der Waals surface area contributed by atoms with Gasteiger partial charge in [0, 0.05) is 0 Å². The highest BCUT2D eigenvalue weighted by Crippen LogP contribution is 2.18. The molecule has 0 rings (SSSR count). The van der Waals surface area contributed by atoms with Gasteiger partial charge in [0.1, 0.15) is 11.2 Å². The van der Waals surface area contributed by atoms with Crippen molar-refractivity contribution in [1.82, 2.24) is 5.32 Å². The Hall–Kier alpha value is -1.91. The number of alkyl halides is 3. The van der Waals surface area contributed by atoms with E-state index in [4.69, 9.17) is 9.47 Å². The molecule has 1 N–H and O–H groups in total. The van der Waals surface area contributed by atoms with Crippen LogP contribution in [0.5, 0.6) is 0 Å². The highest BCUT2D eigenvalue weighted by molar-refractivity contribution is 7.80. The third-order valence-corrected chi connectivity index (χ3v) is 1.80. The van der Waals surface area contributed by atoms with Crippen molar-refractivity contribution >= 4 is 35.5 Å². The van der Waals surface area contributed by atoms with Gasteiger partial charge in [0.15, 0.2) is 0 Å². The van der Waals surface area contributed by atoms with Crippen molar-refractivity contribution in [3.8, 4) is 0 Å². The van der Waals surface area contributed by atoms with Crippen LogP contribution in [0.25, 0.3) is 0 Å². The van der Waals surface area contributed by atoms with Gasteiger partial charge >= 0.3 is 24.3 Å². The molecule has 0 saturated carbocycles. The quantitative estimate of drug-likeness (QED) is 0.304. The van der Waals surface area contributed by atoms with Crippen molar-refractivity contribution in [2.45, 2.75) is 58.9 Å². The number of aliphatic imine (C=N–C) groups is 1. The van der Waals surface area contributed by atoms with Crippen LogP contribution < -0.4 is 5.32 Å². The summed E-state index contributed by atoms with van der Waals surface area (Å²) in [6.45, 7) is 9.23. The van der Waals surface area contributed by atoms with Gasteiger partial charge in [-0.05, 0) is 53.8 Å². The Kier molecular flexibility index (Phi) is 7.16. The molecule has 7 nitrogen and oxygen atoms in total. The minimum Gasteiger partial charge on any atom is -0.444 e. The number of amides is 1. The largest absolute Gasteiger partial charge is 0.491 e. The van der Waals surface area contributed by atoms with E-state index in [0.29, 0.717) is 0 Å². The number of thiocarbonyl (C=S) groups is 1. The van der Waals surface area contributed by atoms with E-state index >= 15 is 0 Å². The molecule has 0 aromatic heterocycles. The van der Waals surface area contributed by atoms with Gasteiger partial charge in [-0.25, -0.2) is 9.59 Å². The summed E-state index contributed by atoms with van der Waals surface area (Å²) in [6.07, 6.45) is -7.28. The van der Waals surface area contributed by atoms with Crippen LogP contribution in [0.3, 0.4) is 0 Å². The van der Waals surface area contributed by atoms with E-state index in [-0.39, 0.29) is 0 Å². The molecule has 0 atom stereocenters. The van der Waals surface area contributed by atoms with Crippen LogP contribution in [0, 0.1) is 0 Å². The van der Waals surface area contributed by atoms with Gasteiger partial charge in [-0.3, -0.25) is 5.32 Å². The number of nitrogens with one attached hydrogen (secondary N) is 1. The molecule has 0 bridgehead atoms. The number of hydrogen-bond acceptors (Lipinski definition) is 6. The van der Waals surface area contributed by atoms with E-state index < -0.39 is 40.6 Å². The van der Waals surface area contributed by atoms with E-state index in [1.165, 1.54) is 20.8 Å². The van der Waals surface area contributed by atoms with Gasteiger partial charge in [0.25, 0.3) is 0 Å². The zero-order valence-electron chi connectivity index (χ0n) is 14.0. The minimum atomic E-state index is -5.25. The van der Waals surface area contributed by atoms with Gasteiger partial charge in [-0.1, -0.05) is 0 Å². The lowest BCUT2D eigenvalue weighted by atomic mass is 10.2. The molecule has 0 unspecified atom stereocenters. The summed E-state index contributed by atoms with van der Waals surface area (Å²) in [5, 5.41) is 1.40. The predicted octanol–water partition coefficient (Wildman–Crippen LogP) is 3.07. The van der Waals surface area contributed by atoms with E-state index in [9.17, 15) is 22.8 Å². The molecular formula is C13H19F3N2O5S.